The van der Waals surface area contributed by atoms with Crippen molar-refractivity contribution in [2.75, 3.05) is 22.9 Å². The van der Waals surface area contributed by atoms with Crippen LogP contribution in [0, 0.1) is 0 Å². The van der Waals surface area contributed by atoms with Gasteiger partial charge in [-0.1, -0.05) is 6.92 Å². The van der Waals surface area contributed by atoms with Crippen LogP contribution in [0.5, 0.6) is 0 Å². The summed E-state index contributed by atoms with van der Waals surface area (Å²) in [6, 6.07) is 6.04. The van der Waals surface area contributed by atoms with Gasteiger partial charge in [-0.25, -0.2) is 4.79 Å². The molecule has 1 N–H and O–H groups in total. The molecule has 3 amide bonds. The smallest absolute Gasteiger partial charge is 0.414 e. The maximum Gasteiger partial charge on any atom is 0.414 e. The number of carbonyl (C=O) groups is 3. The lowest BCUT2D eigenvalue weighted by atomic mass is 10.1. The molecule has 1 aromatic carbocycles. The van der Waals surface area contributed by atoms with E-state index in [9.17, 15) is 14.4 Å². The number of amides is 3. The number of benzene rings is 1. The average molecular weight is 343 g/mol. The van der Waals surface area contributed by atoms with Gasteiger partial charge in [-0.05, 0) is 36.6 Å². The zero-order chi connectivity index (χ0) is 17.6. The molecule has 2 aliphatic heterocycles. The van der Waals surface area contributed by atoms with Gasteiger partial charge in [0.1, 0.15) is 6.10 Å². The second-order valence-corrected chi connectivity index (χ2v) is 6.76. The van der Waals surface area contributed by atoms with Gasteiger partial charge in [-0.2, -0.15) is 0 Å². The number of anilines is 2. The first-order chi connectivity index (χ1) is 12.1. The molecule has 0 aromatic heterocycles. The summed E-state index contributed by atoms with van der Waals surface area (Å²) in [5, 5.41) is 2.75. The van der Waals surface area contributed by atoms with Crippen LogP contribution in [0.25, 0.3) is 0 Å². The van der Waals surface area contributed by atoms with Crippen LogP contribution in [0.3, 0.4) is 0 Å². The zero-order valence-corrected chi connectivity index (χ0v) is 14.2. The molecule has 0 radical (unpaired) electrons. The summed E-state index contributed by atoms with van der Waals surface area (Å²) in [4.78, 5) is 39.2. The summed E-state index contributed by atoms with van der Waals surface area (Å²) in [6.07, 6.45) is 2.15. The third-order valence-electron chi connectivity index (χ3n) is 4.88. The molecule has 2 heterocycles. The standard InChI is InChI=1S/C18H21N3O4/c1-2-16(22)19-9-14-10-20(18(24)25-14)13-5-6-15-11(7-13)8-17(23)21(15)12-3-4-12/h5-7,12,14H,2-4,8-10H2,1H3,(H,19,22). The fourth-order valence-electron chi connectivity index (χ4n) is 3.42. The van der Waals surface area contributed by atoms with Crippen LogP contribution in [-0.4, -0.2) is 43.1 Å². The SMILES string of the molecule is CCC(=O)NCC1CN(c2ccc3c(c2)CC(=O)N3C2CC2)C(=O)O1. The second-order valence-electron chi connectivity index (χ2n) is 6.76. The largest absolute Gasteiger partial charge is 0.442 e. The first kappa shape index (κ1) is 15.9. The molecule has 4 rings (SSSR count). The Morgan fingerprint density at radius 1 is 1.32 bits per heavy atom. The van der Waals surface area contributed by atoms with Crippen molar-refractivity contribution in [2.24, 2.45) is 0 Å². The van der Waals surface area contributed by atoms with E-state index in [4.69, 9.17) is 4.74 Å². The third-order valence-corrected chi connectivity index (χ3v) is 4.88. The highest BCUT2D eigenvalue weighted by Crippen LogP contribution is 2.40. The molecule has 3 aliphatic rings. The number of nitrogens with one attached hydrogen (secondary N) is 1. The second kappa shape index (κ2) is 6.06. The quantitative estimate of drug-likeness (QED) is 0.880. The van der Waals surface area contributed by atoms with E-state index in [0.29, 0.717) is 32.0 Å². The number of hydrogen-bond acceptors (Lipinski definition) is 4. The van der Waals surface area contributed by atoms with Crippen molar-refractivity contribution in [2.45, 2.75) is 44.8 Å². The van der Waals surface area contributed by atoms with Crippen molar-refractivity contribution in [3.63, 3.8) is 0 Å². The summed E-state index contributed by atoms with van der Waals surface area (Å²) >= 11 is 0. The molecule has 0 spiro atoms. The minimum absolute atomic E-state index is 0.0642. The summed E-state index contributed by atoms with van der Waals surface area (Å²) in [7, 11) is 0. The molecule has 0 bridgehead atoms. The molecular weight excluding hydrogens is 322 g/mol. The average Bonchev–Trinajstić information content (AvgIpc) is 3.28. The monoisotopic (exact) mass is 343 g/mol. The van der Waals surface area contributed by atoms with E-state index in [1.807, 2.05) is 23.1 Å². The zero-order valence-electron chi connectivity index (χ0n) is 14.2. The normalized spacial score (nSPS) is 22.2. The van der Waals surface area contributed by atoms with Gasteiger partial charge in [0, 0.05) is 23.8 Å². The van der Waals surface area contributed by atoms with Gasteiger partial charge < -0.3 is 15.0 Å². The maximum atomic E-state index is 12.2. The van der Waals surface area contributed by atoms with Crippen LogP contribution >= 0.6 is 0 Å². The molecule has 1 atom stereocenters. The molecule has 1 aliphatic carbocycles. The summed E-state index contributed by atoms with van der Waals surface area (Å²) in [5.41, 5.74) is 2.67. The number of nitrogens with zero attached hydrogens (tertiary/aromatic N) is 2. The van der Waals surface area contributed by atoms with E-state index in [2.05, 4.69) is 5.32 Å². The van der Waals surface area contributed by atoms with Gasteiger partial charge in [-0.3, -0.25) is 14.5 Å². The molecular formula is C18H21N3O4. The minimum Gasteiger partial charge on any atom is -0.442 e. The first-order valence-corrected chi connectivity index (χ1v) is 8.76. The molecule has 132 valence electrons. The fraction of sp³-hybridized carbons (Fsp3) is 0.500. The lowest BCUT2D eigenvalue weighted by Gasteiger charge is -2.18. The Morgan fingerprint density at radius 2 is 2.12 bits per heavy atom. The summed E-state index contributed by atoms with van der Waals surface area (Å²) in [5.74, 6) is 0.0736. The molecule has 1 saturated carbocycles. The lowest BCUT2D eigenvalue weighted by Crippen LogP contribution is -2.34. The minimum atomic E-state index is -0.418. The van der Waals surface area contributed by atoms with Gasteiger partial charge in [-0.15, -0.1) is 0 Å². The van der Waals surface area contributed by atoms with E-state index in [0.717, 1.165) is 29.8 Å². The van der Waals surface area contributed by atoms with Gasteiger partial charge in [0.15, 0.2) is 0 Å². The number of carbonyl (C=O) groups excluding carboxylic acids is 3. The van der Waals surface area contributed by atoms with Crippen LogP contribution in [0.4, 0.5) is 16.2 Å². The van der Waals surface area contributed by atoms with Crippen LogP contribution in [-0.2, 0) is 20.7 Å². The van der Waals surface area contributed by atoms with Crippen molar-refractivity contribution in [3.8, 4) is 0 Å². The molecule has 2 fully saturated rings. The van der Waals surface area contributed by atoms with Crippen LogP contribution in [0.1, 0.15) is 31.7 Å². The van der Waals surface area contributed by atoms with Crippen molar-refractivity contribution in [1.29, 1.82) is 0 Å². The van der Waals surface area contributed by atoms with Crippen molar-refractivity contribution in [1.82, 2.24) is 5.32 Å². The highest BCUT2D eigenvalue weighted by Gasteiger charge is 2.39. The molecule has 7 nitrogen and oxygen atoms in total. The highest BCUT2D eigenvalue weighted by atomic mass is 16.6. The Kier molecular flexibility index (Phi) is 3.86. The predicted molar refractivity (Wildman–Crippen MR) is 91.6 cm³/mol. The molecule has 1 unspecified atom stereocenters. The van der Waals surface area contributed by atoms with Crippen LogP contribution in [0.15, 0.2) is 18.2 Å². The van der Waals surface area contributed by atoms with Gasteiger partial charge >= 0.3 is 6.09 Å². The molecule has 1 aromatic rings. The van der Waals surface area contributed by atoms with E-state index in [1.165, 1.54) is 0 Å². The van der Waals surface area contributed by atoms with Gasteiger partial charge in [0.05, 0.1) is 19.5 Å². The van der Waals surface area contributed by atoms with Gasteiger partial charge in [0.2, 0.25) is 11.8 Å². The van der Waals surface area contributed by atoms with E-state index in [1.54, 1.807) is 11.8 Å². The van der Waals surface area contributed by atoms with E-state index < -0.39 is 6.09 Å². The van der Waals surface area contributed by atoms with E-state index in [-0.39, 0.29) is 17.9 Å². The summed E-state index contributed by atoms with van der Waals surface area (Å²) in [6.45, 7) is 2.48. The van der Waals surface area contributed by atoms with Crippen molar-refractivity contribution >= 4 is 29.3 Å². The predicted octanol–water partition coefficient (Wildman–Crippen LogP) is 1.59. The van der Waals surface area contributed by atoms with Gasteiger partial charge in [0.25, 0.3) is 0 Å². The number of rotatable bonds is 5. The molecule has 1 saturated heterocycles. The molecule has 7 heteroatoms. The van der Waals surface area contributed by atoms with E-state index >= 15 is 0 Å². The Morgan fingerprint density at radius 3 is 2.84 bits per heavy atom. The molecule has 25 heavy (non-hydrogen) atoms. The Balaban J connectivity index is 1.47. The van der Waals surface area contributed by atoms with Crippen LogP contribution in [0.2, 0.25) is 0 Å². The lowest BCUT2D eigenvalue weighted by molar-refractivity contribution is -0.121. The van der Waals surface area contributed by atoms with Crippen molar-refractivity contribution in [3.05, 3.63) is 23.8 Å². The summed E-state index contributed by atoms with van der Waals surface area (Å²) < 4.78 is 5.33. The number of fused-ring (bicyclic) bond motifs is 1. The Bertz CT molecular complexity index is 744. The Hall–Kier alpha value is -2.57. The maximum absolute atomic E-state index is 12.2. The number of cyclic esters (lactones) is 1. The first-order valence-electron chi connectivity index (χ1n) is 8.76. The highest BCUT2D eigenvalue weighted by molar-refractivity contribution is 6.03. The fourth-order valence-corrected chi connectivity index (χ4v) is 3.42. The topological polar surface area (TPSA) is 79.0 Å². The van der Waals surface area contributed by atoms with Crippen molar-refractivity contribution < 1.29 is 19.1 Å². The number of ether oxygens (including phenoxy) is 1. The number of hydrogen-bond donors (Lipinski definition) is 1. The Labute approximate surface area is 145 Å². The van der Waals surface area contributed by atoms with Crippen LogP contribution < -0.4 is 15.1 Å². The third kappa shape index (κ3) is 2.94.